The van der Waals surface area contributed by atoms with Gasteiger partial charge in [-0.05, 0) is 56.5 Å². The van der Waals surface area contributed by atoms with Crippen LogP contribution in [0.4, 0.5) is 11.4 Å². The predicted octanol–water partition coefficient (Wildman–Crippen LogP) is 5.65. The van der Waals surface area contributed by atoms with Crippen LogP contribution in [0.1, 0.15) is 16.7 Å². The normalized spacial score (nSPS) is 13.7. The Balaban J connectivity index is 1.53. The van der Waals surface area contributed by atoms with Crippen LogP contribution in [0.15, 0.2) is 97.1 Å². The van der Waals surface area contributed by atoms with E-state index in [4.69, 9.17) is 0 Å². The molecule has 0 atom stereocenters. The quantitative estimate of drug-likeness (QED) is 0.362. The Morgan fingerprint density at radius 2 is 1.12 bits per heavy atom. The Kier molecular flexibility index (Phi) is 6.20. The summed E-state index contributed by atoms with van der Waals surface area (Å²) in [4.78, 5) is 5.11. The number of hydrogen-bond donors (Lipinski definition) is 0. The Morgan fingerprint density at radius 3 is 1.73 bits per heavy atom. The van der Waals surface area contributed by atoms with Gasteiger partial charge in [0.2, 0.25) is 0 Å². The van der Waals surface area contributed by atoms with Gasteiger partial charge in [0.1, 0.15) is 0 Å². The summed E-state index contributed by atoms with van der Waals surface area (Å²) >= 11 is 0. The highest BCUT2D eigenvalue weighted by Crippen LogP contribution is 2.38. The Morgan fingerprint density at radius 1 is 0.606 bits per heavy atom. The smallest absolute Gasteiger partial charge is 0.0904 e. The van der Waals surface area contributed by atoms with Crippen molar-refractivity contribution in [1.82, 2.24) is 0 Å². The minimum atomic E-state index is -0.628. The molecule has 0 aromatic heterocycles. The summed E-state index contributed by atoms with van der Waals surface area (Å²) in [5.74, 6) is 0. The monoisotopic (exact) mass is 450 g/mol. The van der Waals surface area contributed by atoms with Crippen molar-refractivity contribution in [3.05, 3.63) is 114 Å². The highest BCUT2D eigenvalue weighted by Gasteiger charge is 2.27. The molecule has 166 valence electrons. The molecule has 2 nitrogen and oxygen atoms in total. The van der Waals surface area contributed by atoms with E-state index in [-0.39, 0.29) is 0 Å². The van der Waals surface area contributed by atoms with Gasteiger partial charge in [-0.2, -0.15) is 0 Å². The first kappa shape index (κ1) is 21.7. The Hall–Kier alpha value is -3.09. The lowest BCUT2D eigenvalue weighted by Gasteiger charge is -2.28. The zero-order chi connectivity index (χ0) is 22.8. The molecule has 4 aromatic rings. The molecule has 1 aliphatic heterocycles. The van der Waals surface area contributed by atoms with E-state index >= 15 is 0 Å². The van der Waals surface area contributed by atoms with Crippen molar-refractivity contribution in [2.45, 2.75) is 20.8 Å². The molecular formula is C30H31N2P. The van der Waals surface area contributed by atoms with Gasteiger partial charge in [0.05, 0.1) is 6.67 Å². The van der Waals surface area contributed by atoms with E-state index < -0.39 is 7.92 Å². The van der Waals surface area contributed by atoms with Crippen LogP contribution >= 0.6 is 7.92 Å². The van der Waals surface area contributed by atoms with Gasteiger partial charge in [-0.3, -0.25) is 0 Å². The van der Waals surface area contributed by atoms with Gasteiger partial charge in [0.25, 0.3) is 0 Å². The van der Waals surface area contributed by atoms with Gasteiger partial charge < -0.3 is 9.80 Å². The van der Waals surface area contributed by atoms with Crippen molar-refractivity contribution < 1.29 is 0 Å². The second-order valence-electron chi connectivity index (χ2n) is 8.91. The van der Waals surface area contributed by atoms with E-state index in [1.165, 1.54) is 44.0 Å². The summed E-state index contributed by atoms with van der Waals surface area (Å²) < 4.78 is 0. The lowest BCUT2D eigenvalue weighted by molar-refractivity contribution is 0.941. The predicted molar refractivity (Wildman–Crippen MR) is 145 cm³/mol. The van der Waals surface area contributed by atoms with Crippen LogP contribution in [0.25, 0.3) is 0 Å². The van der Waals surface area contributed by atoms with Crippen LogP contribution in [0.2, 0.25) is 0 Å². The molecule has 5 rings (SSSR count). The second kappa shape index (κ2) is 9.41. The first-order valence-electron chi connectivity index (χ1n) is 11.7. The molecule has 0 saturated carbocycles. The molecule has 1 saturated heterocycles. The standard InChI is InChI=1S/C30H31N2P/c1-23-20-24(2)30(25(3)21-23)32-19-18-31(22-32)28-16-10-11-17-29(28)33(26-12-6-4-7-13-26)27-14-8-5-9-15-27/h4-17,20-21H,18-19,22H2,1-3H3. The van der Waals surface area contributed by atoms with E-state index in [9.17, 15) is 0 Å². The van der Waals surface area contributed by atoms with Crippen LogP contribution in [0.3, 0.4) is 0 Å². The van der Waals surface area contributed by atoms with Crippen molar-refractivity contribution in [2.75, 3.05) is 29.6 Å². The molecule has 3 heteroatoms. The molecule has 33 heavy (non-hydrogen) atoms. The molecule has 0 aliphatic carbocycles. The molecule has 1 heterocycles. The van der Waals surface area contributed by atoms with Crippen LogP contribution in [-0.4, -0.2) is 19.8 Å². The third-order valence-electron chi connectivity index (χ3n) is 6.42. The summed E-state index contributed by atoms with van der Waals surface area (Å²) in [6.45, 7) is 9.69. The minimum absolute atomic E-state index is 0.628. The third-order valence-corrected chi connectivity index (χ3v) is 8.91. The molecule has 1 aliphatic rings. The van der Waals surface area contributed by atoms with E-state index in [0.717, 1.165) is 19.8 Å². The van der Waals surface area contributed by atoms with Crippen LogP contribution in [0.5, 0.6) is 0 Å². The molecule has 0 bridgehead atoms. The Bertz CT molecular complexity index is 1170. The molecule has 4 aromatic carbocycles. The molecular weight excluding hydrogens is 419 g/mol. The van der Waals surface area contributed by atoms with E-state index in [1.54, 1.807) is 0 Å². The van der Waals surface area contributed by atoms with E-state index in [2.05, 4.69) is 128 Å². The lowest BCUT2D eigenvalue weighted by Crippen LogP contribution is -2.31. The minimum Gasteiger partial charge on any atom is -0.352 e. The van der Waals surface area contributed by atoms with Gasteiger partial charge in [0, 0.05) is 29.8 Å². The number of benzene rings is 4. The van der Waals surface area contributed by atoms with E-state index in [1.807, 2.05) is 0 Å². The average molecular weight is 451 g/mol. The summed E-state index contributed by atoms with van der Waals surface area (Å²) in [7, 11) is -0.628. The van der Waals surface area contributed by atoms with Crippen LogP contribution < -0.4 is 25.7 Å². The SMILES string of the molecule is Cc1cc(C)c(N2CCN(c3ccccc3P(c3ccccc3)c3ccccc3)C2)c(C)c1. The average Bonchev–Trinajstić information content (AvgIpc) is 3.30. The van der Waals surface area contributed by atoms with Crippen LogP contribution in [0, 0.1) is 20.8 Å². The number of nitrogens with zero attached hydrogens (tertiary/aromatic N) is 2. The summed E-state index contributed by atoms with van der Waals surface area (Å²) in [6, 6.07) is 35.7. The fourth-order valence-corrected chi connectivity index (χ4v) is 7.62. The summed E-state index contributed by atoms with van der Waals surface area (Å²) in [5, 5.41) is 4.23. The highest BCUT2D eigenvalue weighted by molar-refractivity contribution is 7.80. The second-order valence-corrected chi connectivity index (χ2v) is 11.1. The van der Waals surface area contributed by atoms with Crippen molar-refractivity contribution in [2.24, 2.45) is 0 Å². The number of hydrogen-bond acceptors (Lipinski definition) is 2. The fourth-order valence-electron chi connectivity index (χ4n) is 5.14. The first-order valence-corrected chi connectivity index (χ1v) is 13.0. The first-order chi connectivity index (χ1) is 16.1. The van der Waals surface area contributed by atoms with Crippen LogP contribution in [-0.2, 0) is 0 Å². The van der Waals surface area contributed by atoms with Crippen molar-refractivity contribution in [3.63, 3.8) is 0 Å². The van der Waals surface area contributed by atoms with Crippen molar-refractivity contribution in [3.8, 4) is 0 Å². The van der Waals surface area contributed by atoms with Gasteiger partial charge >= 0.3 is 0 Å². The molecule has 0 N–H and O–H groups in total. The lowest BCUT2D eigenvalue weighted by atomic mass is 10.0. The molecule has 1 fully saturated rings. The highest BCUT2D eigenvalue weighted by atomic mass is 31.1. The maximum absolute atomic E-state index is 2.56. The number of rotatable bonds is 5. The topological polar surface area (TPSA) is 6.48 Å². The van der Waals surface area contributed by atoms with Crippen molar-refractivity contribution >= 4 is 35.2 Å². The van der Waals surface area contributed by atoms with Gasteiger partial charge in [-0.25, -0.2) is 0 Å². The van der Waals surface area contributed by atoms with Crippen molar-refractivity contribution in [1.29, 1.82) is 0 Å². The molecule has 0 radical (unpaired) electrons. The summed E-state index contributed by atoms with van der Waals surface area (Å²) in [5.41, 5.74) is 6.85. The number of aryl methyl sites for hydroxylation is 3. The van der Waals surface area contributed by atoms with E-state index in [0.29, 0.717) is 0 Å². The third kappa shape index (κ3) is 4.41. The fraction of sp³-hybridized carbons (Fsp3) is 0.200. The number of anilines is 2. The summed E-state index contributed by atoms with van der Waals surface area (Å²) in [6.07, 6.45) is 0. The Labute approximate surface area is 199 Å². The maximum Gasteiger partial charge on any atom is 0.0904 e. The zero-order valence-corrected chi connectivity index (χ0v) is 20.6. The molecule has 0 amide bonds. The molecule has 0 unspecified atom stereocenters. The zero-order valence-electron chi connectivity index (χ0n) is 19.7. The van der Waals surface area contributed by atoms with Gasteiger partial charge in [-0.1, -0.05) is 96.6 Å². The van der Waals surface area contributed by atoms with Gasteiger partial charge in [0.15, 0.2) is 0 Å². The molecule has 0 spiro atoms. The van der Waals surface area contributed by atoms with Gasteiger partial charge in [-0.15, -0.1) is 0 Å². The number of para-hydroxylation sites is 1. The maximum atomic E-state index is 2.56. The largest absolute Gasteiger partial charge is 0.352 e.